The van der Waals surface area contributed by atoms with E-state index in [-0.39, 0.29) is 10.5 Å². The van der Waals surface area contributed by atoms with Gasteiger partial charge in [0.25, 0.3) is 0 Å². The Kier molecular flexibility index (Phi) is 5.63. The molecule has 1 N–H and O–H groups in total. The van der Waals surface area contributed by atoms with Gasteiger partial charge in [0.05, 0.1) is 0 Å². The van der Waals surface area contributed by atoms with E-state index >= 15 is 0 Å². The molecule has 0 spiro atoms. The van der Waals surface area contributed by atoms with Crippen LogP contribution in [0.2, 0.25) is 18.1 Å². The fraction of sp³-hybridized carbons (Fsp3) is 0.786. The summed E-state index contributed by atoms with van der Waals surface area (Å²) in [5.74, 6) is 3.34. The van der Waals surface area contributed by atoms with Crippen LogP contribution in [-0.4, -0.2) is 13.1 Å². The molecule has 3 fully saturated rings. The summed E-state index contributed by atoms with van der Waals surface area (Å²) in [4.78, 5) is 10.9. The van der Waals surface area contributed by atoms with Crippen LogP contribution in [0.15, 0.2) is 36.0 Å². The minimum absolute atomic E-state index is 0.101. The Hall–Kier alpha value is -0.603. The normalized spacial score (nSPS) is 42.9. The molecule has 0 saturated heterocycles. The SMILES string of the molecule is C=C[C@]12CCC(=CC)C=C1CCC1C2CC[C@@]2(C)C1CC[C@@H]2CC(C)(C)[Si](C)(C)O. The van der Waals surface area contributed by atoms with Gasteiger partial charge < -0.3 is 4.80 Å². The molecular weight excluding hydrogens is 380 g/mol. The van der Waals surface area contributed by atoms with Gasteiger partial charge in [0, 0.05) is 5.41 Å². The van der Waals surface area contributed by atoms with E-state index in [2.05, 4.69) is 65.6 Å². The Morgan fingerprint density at radius 2 is 1.87 bits per heavy atom. The second-order valence-corrected chi connectivity index (χ2v) is 17.1. The van der Waals surface area contributed by atoms with Crippen LogP contribution in [0.4, 0.5) is 0 Å². The molecule has 4 rings (SSSR count). The van der Waals surface area contributed by atoms with Gasteiger partial charge in [0.15, 0.2) is 8.32 Å². The molecule has 30 heavy (non-hydrogen) atoms. The van der Waals surface area contributed by atoms with Gasteiger partial charge in [-0.1, -0.05) is 50.1 Å². The number of rotatable bonds is 4. The van der Waals surface area contributed by atoms with E-state index in [9.17, 15) is 4.80 Å². The molecule has 0 amide bonds. The van der Waals surface area contributed by atoms with Crippen LogP contribution in [-0.2, 0) is 0 Å². The van der Waals surface area contributed by atoms with Crippen molar-refractivity contribution in [3.8, 4) is 0 Å². The van der Waals surface area contributed by atoms with Crippen molar-refractivity contribution in [1.82, 2.24) is 0 Å². The third-order valence-electron chi connectivity index (χ3n) is 11.0. The lowest BCUT2D eigenvalue weighted by molar-refractivity contribution is -0.0435. The molecule has 0 aromatic heterocycles. The summed E-state index contributed by atoms with van der Waals surface area (Å²) in [6.45, 7) is 18.2. The molecule has 4 aliphatic rings. The molecule has 4 aliphatic carbocycles. The van der Waals surface area contributed by atoms with Crippen molar-refractivity contribution in [3.05, 3.63) is 36.0 Å². The first kappa shape index (κ1) is 22.6. The molecule has 2 heteroatoms. The lowest BCUT2D eigenvalue weighted by atomic mass is 9.46. The van der Waals surface area contributed by atoms with Gasteiger partial charge in [-0.05, 0) is 112 Å². The van der Waals surface area contributed by atoms with E-state index < -0.39 is 8.32 Å². The second kappa shape index (κ2) is 7.48. The first-order valence-electron chi connectivity index (χ1n) is 12.7. The summed E-state index contributed by atoms with van der Waals surface area (Å²) in [5.41, 5.74) is 3.99. The van der Waals surface area contributed by atoms with Crippen molar-refractivity contribution in [2.45, 2.75) is 104 Å². The molecule has 3 unspecified atom stereocenters. The van der Waals surface area contributed by atoms with Crippen molar-refractivity contribution in [1.29, 1.82) is 0 Å². The molecule has 0 aromatic rings. The Morgan fingerprint density at radius 3 is 2.50 bits per heavy atom. The van der Waals surface area contributed by atoms with Crippen molar-refractivity contribution in [2.24, 2.45) is 34.5 Å². The predicted molar refractivity (Wildman–Crippen MR) is 132 cm³/mol. The number of hydrogen-bond acceptors (Lipinski definition) is 1. The van der Waals surface area contributed by atoms with Gasteiger partial charge in [0.2, 0.25) is 0 Å². The molecule has 0 heterocycles. The van der Waals surface area contributed by atoms with Crippen molar-refractivity contribution in [2.75, 3.05) is 0 Å². The third-order valence-corrected chi connectivity index (χ3v) is 14.5. The van der Waals surface area contributed by atoms with Gasteiger partial charge in [0.1, 0.15) is 0 Å². The summed E-state index contributed by atoms with van der Waals surface area (Å²) in [5, 5.41) is 0.101. The Balaban J connectivity index is 1.60. The van der Waals surface area contributed by atoms with Crippen LogP contribution in [0.3, 0.4) is 0 Å². The molecule has 0 radical (unpaired) electrons. The third kappa shape index (κ3) is 3.27. The van der Waals surface area contributed by atoms with Crippen molar-refractivity contribution in [3.63, 3.8) is 0 Å². The molecule has 168 valence electrons. The van der Waals surface area contributed by atoms with Crippen LogP contribution in [0.25, 0.3) is 0 Å². The van der Waals surface area contributed by atoms with Crippen LogP contribution < -0.4 is 0 Å². The highest BCUT2D eigenvalue weighted by atomic mass is 28.4. The molecule has 0 aromatic carbocycles. The number of allylic oxidation sites excluding steroid dienone is 5. The summed E-state index contributed by atoms with van der Waals surface area (Å²) < 4.78 is 0. The highest BCUT2D eigenvalue weighted by Gasteiger charge is 2.60. The number of hydrogen-bond donors (Lipinski definition) is 1. The second-order valence-electron chi connectivity index (χ2n) is 12.7. The maximum Gasteiger partial charge on any atom is 0.188 e. The monoisotopic (exact) mass is 426 g/mol. The highest BCUT2D eigenvalue weighted by molar-refractivity contribution is 6.72. The van der Waals surface area contributed by atoms with Crippen LogP contribution in [0.5, 0.6) is 0 Å². The topological polar surface area (TPSA) is 20.2 Å². The maximum absolute atomic E-state index is 10.9. The quantitative estimate of drug-likeness (QED) is 0.356. The summed E-state index contributed by atoms with van der Waals surface area (Å²) in [6.07, 6.45) is 19.2. The average molecular weight is 427 g/mol. The van der Waals surface area contributed by atoms with E-state index in [1.54, 1.807) is 11.1 Å². The van der Waals surface area contributed by atoms with E-state index in [1.807, 2.05) is 0 Å². The van der Waals surface area contributed by atoms with Crippen LogP contribution >= 0.6 is 0 Å². The number of fused-ring (bicyclic) bond motifs is 5. The van der Waals surface area contributed by atoms with Crippen LogP contribution in [0.1, 0.15) is 85.5 Å². The highest BCUT2D eigenvalue weighted by Crippen LogP contribution is 2.68. The van der Waals surface area contributed by atoms with Gasteiger partial charge >= 0.3 is 0 Å². The Morgan fingerprint density at radius 1 is 1.13 bits per heavy atom. The molecule has 0 aliphatic heterocycles. The molecule has 6 atom stereocenters. The fourth-order valence-corrected chi connectivity index (χ4v) is 8.99. The van der Waals surface area contributed by atoms with Gasteiger partial charge in [-0.15, -0.1) is 6.58 Å². The zero-order chi connectivity index (χ0) is 21.9. The van der Waals surface area contributed by atoms with E-state index in [4.69, 9.17) is 0 Å². The average Bonchev–Trinajstić information content (AvgIpc) is 3.02. The minimum Gasteiger partial charge on any atom is -0.432 e. The fourth-order valence-electron chi connectivity index (χ4n) is 8.24. The lowest BCUT2D eigenvalue weighted by Crippen LogP contribution is -2.51. The van der Waals surface area contributed by atoms with Crippen molar-refractivity contribution >= 4 is 8.32 Å². The molecule has 0 bridgehead atoms. The standard InChI is InChI=1S/C28H46OSi/c1-8-20-14-17-28(9-2)21(18-20)10-12-23-24-13-11-22(19-26(3,4)30(6,7)29)27(24,5)16-15-25(23)28/h8-9,18,22-25,29H,2,10-17,19H2,1,3-7H3/t22-,23?,24?,25?,27-,28+/m1/s1. The maximum atomic E-state index is 10.9. The van der Waals surface area contributed by atoms with Gasteiger partial charge in [-0.2, -0.15) is 0 Å². The Labute approximate surface area is 187 Å². The molecular formula is C28H46OSi. The van der Waals surface area contributed by atoms with E-state index in [1.165, 1.54) is 57.8 Å². The van der Waals surface area contributed by atoms with E-state index in [0.29, 0.717) is 5.41 Å². The van der Waals surface area contributed by atoms with Crippen molar-refractivity contribution < 1.29 is 4.80 Å². The smallest absolute Gasteiger partial charge is 0.188 e. The Bertz CT molecular complexity index is 753. The molecule has 1 nitrogen and oxygen atoms in total. The first-order valence-corrected chi connectivity index (χ1v) is 15.7. The van der Waals surface area contributed by atoms with E-state index in [0.717, 1.165) is 23.7 Å². The first-order chi connectivity index (χ1) is 14.0. The largest absolute Gasteiger partial charge is 0.432 e. The summed E-state index contributed by atoms with van der Waals surface area (Å²) >= 11 is 0. The summed E-state index contributed by atoms with van der Waals surface area (Å²) in [6, 6.07) is 0. The zero-order valence-electron chi connectivity index (χ0n) is 20.6. The summed E-state index contributed by atoms with van der Waals surface area (Å²) in [7, 11) is -2.15. The van der Waals surface area contributed by atoms with Gasteiger partial charge in [-0.3, -0.25) is 0 Å². The predicted octanol–water partition coefficient (Wildman–Crippen LogP) is 8.05. The zero-order valence-corrected chi connectivity index (χ0v) is 21.6. The van der Waals surface area contributed by atoms with Crippen LogP contribution in [0, 0.1) is 34.5 Å². The van der Waals surface area contributed by atoms with Gasteiger partial charge in [-0.25, -0.2) is 0 Å². The minimum atomic E-state index is -2.15. The lowest BCUT2D eigenvalue weighted by Gasteiger charge is -2.59. The molecule has 3 saturated carbocycles.